The Morgan fingerprint density at radius 3 is 2.46 bits per heavy atom. The van der Waals surface area contributed by atoms with Crippen molar-refractivity contribution >= 4 is 28.6 Å². The predicted molar refractivity (Wildman–Crippen MR) is 77.5 cm³/mol. The fourth-order valence-electron chi connectivity index (χ4n) is 1.98. The first-order valence-corrected chi connectivity index (χ1v) is 6.81. The minimum atomic E-state index is -5.08. The standard InChI is InChI=1S/C11H13N5O.C2HF3O2/c1-6(17)14-10-2-9-8(5-13-10)11(16-15-9)7-3-12-4-7;3-2(4,5)1(6)7/h2,5,7,12H,3-4H2,1H3,(H,15,16)(H,13,14,17);(H,6,7). The zero-order valence-electron chi connectivity index (χ0n) is 12.4. The number of carbonyl (C=O) groups is 2. The van der Waals surface area contributed by atoms with Crippen LogP contribution in [0.5, 0.6) is 0 Å². The highest BCUT2D eigenvalue weighted by Crippen LogP contribution is 2.26. The van der Waals surface area contributed by atoms with Gasteiger partial charge in [-0.25, -0.2) is 9.78 Å². The van der Waals surface area contributed by atoms with Crippen LogP contribution >= 0.6 is 0 Å². The number of aromatic nitrogens is 3. The number of amides is 1. The molecule has 3 heterocycles. The first-order chi connectivity index (χ1) is 11.2. The zero-order chi connectivity index (χ0) is 17.9. The van der Waals surface area contributed by atoms with Gasteiger partial charge in [0.2, 0.25) is 5.91 Å². The Bertz CT molecular complexity index is 755. The summed E-state index contributed by atoms with van der Waals surface area (Å²) in [4.78, 5) is 24.0. The molecule has 0 saturated carbocycles. The third-order valence-corrected chi connectivity index (χ3v) is 3.21. The molecule has 0 atom stereocenters. The highest BCUT2D eigenvalue weighted by atomic mass is 19.4. The Morgan fingerprint density at radius 2 is 2.00 bits per heavy atom. The molecule has 1 amide bonds. The second-order valence-electron chi connectivity index (χ2n) is 5.06. The van der Waals surface area contributed by atoms with Crippen LogP contribution in [0.1, 0.15) is 18.5 Å². The molecule has 11 heteroatoms. The molecular formula is C13H14F3N5O3. The van der Waals surface area contributed by atoms with E-state index >= 15 is 0 Å². The molecule has 1 saturated heterocycles. The molecule has 130 valence electrons. The molecule has 0 spiro atoms. The number of carbonyl (C=O) groups excluding carboxylic acids is 1. The molecule has 0 aliphatic carbocycles. The second-order valence-corrected chi connectivity index (χ2v) is 5.06. The average Bonchev–Trinajstić information content (AvgIpc) is 2.79. The summed E-state index contributed by atoms with van der Waals surface area (Å²) in [5.41, 5.74) is 1.96. The van der Waals surface area contributed by atoms with Gasteiger partial charge in [-0.3, -0.25) is 9.89 Å². The summed E-state index contributed by atoms with van der Waals surface area (Å²) in [5, 5.41) is 21.3. The van der Waals surface area contributed by atoms with Crippen LogP contribution in [-0.2, 0) is 9.59 Å². The molecule has 0 aromatic carbocycles. The van der Waals surface area contributed by atoms with Crippen LogP contribution < -0.4 is 10.6 Å². The molecule has 2 aromatic heterocycles. The summed E-state index contributed by atoms with van der Waals surface area (Å²) >= 11 is 0. The Labute approximate surface area is 133 Å². The zero-order valence-corrected chi connectivity index (χ0v) is 12.4. The molecule has 0 bridgehead atoms. The third kappa shape index (κ3) is 4.19. The van der Waals surface area contributed by atoms with Gasteiger partial charge in [0, 0.05) is 43.6 Å². The van der Waals surface area contributed by atoms with Gasteiger partial charge in [0.05, 0.1) is 11.2 Å². The Kier molecular flexibility index (Phi) is 5.02. The van der Waals surface area contributed by atoms with Crippen molar-refractivity contribution < 1.29 is 27.9 Å². The van der Waals surface area contributed by atoms with Crippen LogP contribution in [0, 0.1) is 0 Å². The maximum absolute atomic E-state index is 10.9. The predicted octanol–water partition coefficient (Wildman–Crippen LogP) is 1.24. The van der Waals surface area contributed by atoms with Crippen molar-refractivity contribution in [3.63, 3.8) is 0 Å². The van der Waals surface area contributed by atoms with Crippen molar-refractivity contribution in [2.75, 3.05) is 18.4 Å². The van der Waals surface area contributed by atoms with Crippen LogP contribution in [-0.4, -0.2) is 51.4 Å². The van der Waals surface area contributed by atoms with E-state index in [4.69, 9.17) is 9.90 Å². The van der Waals surface area contributed by atoms with Gasteiger partial charge in [0.1, 0.15) is 5.82 Å². The number of rotatable bonds is 2. The number of fused-ring (bicyclic) bond motifs is 1. The van der Waals surface area contributed by atoms with E-state index in [2.05, 4.69) is 25.8 Å². The van der Waals surface area contributed by atoms with Gasteiger partial charge in [-0.1, -0.05) is 0 Å². The SMILES string of the molecule is CC(=O)Nc1cc2n[nH]c(C3CNC3)c2cn1.O=C(O)C(F)(F)F. The van der Waals surface area contributed by atoms with Crippen molar-refractivity contribution in [3.05, 3.63) is 18.0 Å². The molecule has 8 nitrogen and oxygen atoms in total. The van der Waals surface area contributed by atoms with Crippen molar-refractivity contribution in [1.29, 1.82) is 0 Å². The average molecular weight is 345 g/mol. The number of pyridine rings is 1. The number of aliphatic carboxylic acids is 1. The molecule has 0 radical (unpaired) electrons. The maximum Gasteiger partial charge on any atom is 0.490 e. The lowest BCUT2D eigenvalue weighted by atomic mass is 9.97. The molecule has 1 aliphatic rings. The molecule has 1 aliphatic heterocycles. The van der Waals surface area contributed by atoms with E-state index in [0.29, 0.717) is 11.7 Å². The first-order valence-electron chi connectivity index (χ1n) is 6.81. The van der Waals surface area contributed by atoms with Crippen molar-refractivity contribution in [2.45, 2.75) is 19.0 Å². The smallest absolute Gasteiger partial charge is 0.475 e. The minimum Gasteiger partial charge on any atom is -0.475 e. The van der Waals surface area contributed by atoms with E-state index < -0.39 is 12.1 Å². The monoisotopic (exact) mass is 345 g/mol. The molecule has 0 unspecified atom stereocenters. The van der Waals surface area contributed by atoms with E-state index in [1.54, 1.807) is 12.3 Å². The van der Waals surface area contributed by atoms with Crippen LogP contribution in [0.2, 0.25) is 0 Å². The number of halogens is 3. The fraction of sp³-hybridized carbons (Fsp3) is 0.385. The van der Waals surface area contributed by atoms with Gasteiger partial charge >= 0.3 is 12.1 Å². The van der Waals surface area contributed by atoms with Gasteiger partial charge in [0.25, 0.3) is 0 Å². The lowest BCUT2D eigenvalue weighted by Gasteiger charge is -2.25. The minimum absolute atomic E-state index is 0.129. The van der Waals surface area contributed by atoms with Crippen LogP contribution in [0.25, 0.3) is 10.9 Å². The lowest BCUT2D eigenvalue weighted by molar-refractivity contribution is -0.192. The second kappa shape index (κ2) is 6.83. The fourth-order valence-corrected chi connectivity index (χ4v) is 1.98. The van der Waals surface area contributed by atoms with E-state index in [9.17, 15) is 18.0 Å². The molecule has 24 heavy (non-hydrogen) atoms. The van der Waals surface area contributed by atoms with Crippen LogP contribution in [0.3, 0.4) is 0 Å². The van der Waals surface area contributed by atoms with Crippen molar-refractivity contribution in [1.82, 2.24) is 20.5 Å². The summed E-state index contributed by atoms with van der Waals surface area (Å²) in [7, 11) is 0. The summed E-state index contributed by atoms with van der Waals surface area (Å²) in [6, 6.07) is 1.78. The highest BCUT2D eigenvalue weighted by molar-refractivity contribution is 5.90. The number of hydrogen-bond acceptors (Lipinski definition) is 5. The Morgan fingerprint density at radius 1 is 1.38 bits per heavy atom. The van der Waals surface area contributed by atoms with E-state index in [-0.39, 0.29) is 5.91 Å². The molecule has 2 aromatic rings. The topological polar surface area (TPSA) is 120 Å². The number of nitrogens with zero attached hydrogens (tertiary/aromatic N) is 2. The number of alkyl halides is 3. The van der Waals surface area contributed by atoms with Gasteiger partial charge in [-0.15, -0.1) is 0 Å². The van der Waals surface area contributed by atoms with E-state index in [0.717, 1.165) is 29.7 Å². The number of H-pyrrole nitrogens is 1. The number of nitrogens with one attached hydrogen (secondary N) is 3. The summed E-state index contributed by atoms with van der Waals surface area (Å²) in [6.45, 7) is 3.41. The first kappa shape index (κ1) is 17.7. The maximum atomic E-state index is 10.9. The largest absolute Gasteiger partial charge is 0.490 e. The van der Waals surface area contributed by atoms with Crippen LogP contribution in [0.15, 0.2) is 12.3 Å². The number of hydrogen-bond donors (Lipinski definition) is 4. The number of carboxylic acid groups (broad SMARTS) is 1. The van der Waals surface area contributed by atoms with Gasteiger partial charge in [0.15, 0.2) is 0 Å². The summed E-state index contributed by atoms with van der Waals surface area (Å²) in [5.74, 6) is -1.86. The number of carboxylic acids is 1. The van der Waals surface area contributed by atoms with E-state index in [1.165, 1.54) is 6.92 Å². The Hall–Kier alpha value is -2.69. The lowest BCUT2D eigenvalue weighted by Crippen LogP contribution is -2.40. The molecule has 4 N–H and O–H groups in total. The normalized spacial score (nSPS) is 14.5. The quantitative estimate of drug-likeness (QED) is 0.650. The van der Waals surface area contributed by atoms with Crippen LogP contribution in [0.4, 0.5) is 19.0 Å². The van der Waals surface area contributed by atoms with E-state index in [1.807, 2.05) is 0 Å². The summed E-state index contributed by atoms with van der Waals surface area (Å²) < 4.78 is 31.7. The van der Waals surface area contributed by atoms with Crippen molar-refractivity contribution in [2.24, 2.45) is 0 Å². The Balaban J connectivity index is 0.000000256. The number of anilines is 1. The molecule has 3 rings (SSSR count). The van der Waals surface area contributed by atoms with Gasteiger partial charge in [-0.2, -0.15) is 18.3 Å². The van der Waals surface area contributed by atoms with Gasteiger partial charge in [-0.05, 0) is 0 Å². The van der Waals surface area contributed by atoms with Gasteiger partial charge < -0.3 is 15.7 Å². The highest BCUT2D eigenvalue weighted by Gasteiger charge is 2.38. The third-order valence-electron chi connectivity index (χ3n) is 3.21. The molecular weight excluding hydrogens is 331 g/mol. The number of aromatic amines is 1. The summed E-state index contributed by atoms with van der Waals surface area (Å²) in [6.07, 6.45) is -3.32. The van der Waals surface area contributed by atoms with Crippen molar-refractivity contribution in [3.8, 4) is 0 Å². The molecule has 1 fully saturated rings.